The van der Waals surface area contributed by atoms with Gasteiger partial charge in [-0.3, -0.25) is 9.59 Å². The second kappa shape index (κ2) is 6.32. The number of carbonyl (C=O) groups excluding carboxylic acids is 2. The van der Waals surface area contributed by atoms with Crippen LogP contribution in [0.1, 0.15) is 29.9 Å². The largest absolute Gasteiger partial charge is 0.469 e. The van der Waals surface area contributed by atoms with Gasteiger partial charge >= 0.3 is 5.97 Å². The molecule has 22 heavy (non-hydrogen) atoms. The first-order chi connectivity index (χ1) is 10.7. The van der Waals surface area contributed by atoms with Crippen molar-refractivity contribution >= 4 is 28.7 Å². The summed E-state index contributed by atoms with van der Waals surface area (Å²) in [6.07, 6.45) is 3.72. The molecule has 0 saturated carbocycles. The minimum Gasteiger partial charge on any atom is -0.469 e. The van der Waals surface area contributed by atoms with E-state index in [1.54, 1.807) is 36.7 Å². The molecule has 2 heterocycles. The van der Waals surface area contributed by atoms with Crippen molar-refractivity contribution in [3.05, 3.63) is 52.6 Å². The zero-order valence-corrected chi connectivity index (χ0v) is 13.0. The summed E-state index contributed by atoms with van der Waals surface area (Å²) < 4.78 is 10.5. The van der Waals surface area contributed by atoms with E-state index < -0.39 is 11.9 Å². The minimum absolute atomic E-state index is 0.213. The van der Waals surface area contributed by atoms with Crippen LogP contribution in [0.4, 0.5) is 0 Å². The number of hydrogen-bond acceptors (Lipinski definition) is 5. The van der Waals surface area contributed by atoms with Crippen molar-refractivity contribution in [3.63, 3.8) is 0 Å². The second-order valence-corrected chi connectivity index (χ2v) is 6.05. The number of furan rings is 1. The molecule has 2 aromatic rings. The zero-order chi connectivity index (χ0) is 15.5. The van der Waals surface area contributed by atoms with Gasteiger partial charge in [0.1, 0.15) is 11.7 Å². The maximum Gasteiger partial charge on any atom is 0.317 e. The summed E-state index contributed by atoms with van der Waals surface area (Å²) in [7, 11) is 0. The molecule has 3 rings (SSSR count). The molecule has 0 unspecified atom stereocenters. The van der Waals surface area contributed by atoms with Crippen LogP contribution in [0.15, 0.2) is 46.4 Å². The third kappa shape index (κ3) is 2.76. The summed E-state index contributed by atoms with van der Waals surface area (Å²) in [5, 5.41) is 1.97. The lowest BCUT2D eigenvalue weighted by molar-refractivity contribution is -0.151. The van der Waals surface area contributed by atoms with E-state index in [-0.39, 0.29) is 18.3 Å². The van der Waals surface area contributed by atoms with E-state index in [1.165, 1.54) is 0 Å². The molecule has 0 aromatic carbocycles. The van der Waals surface area contributed by atoms with Crippen LogP contribution in [-0.2, 0) is 14.3 Å². The van der Waals surface area contributed by atoms with Crippen LogP contribution >= 0.6 is 11.3 Å². The maximum atomic E-state index is 12.5. The number of esters is 1. The molecule has 4 nitrogen and oxygen atoms in total. The Labute approximate surface area is 132 Å². The van der Waals surface area contributed by atoms with Crippen LogP contribution in [0.5, 0.6) is 0 Å². The van der Waals surface area contributed by atoms with E-state index >= 15 is 0 Å². The van der Waals surface area contributed by atoms with E-state index in [0.717, 1.165) is 10.5 Å². The Balaban J connectivity index is 1.98. The molecule has 0 fully saturated rings. The number of thiophene rings is 1. The Bertz CT molecular complexity index is 682. The van der Waals surface area contributed by atoms with E-state index in [1.807, 2.05) is 23.6 Å². The molecule has 0 aliphatic heterocycles. The van der Waals surface area contributed by atoms with Gasteiger partial charge in [-0.1, -0.05) is 6.07 Å². The van der Waals surface area contributed by atoms with Gasteiger partial charge in [0.25, 0.3) is 0 Å². The number of carbonyl (C=O) groups is 2. The first-order valence-electron chi connectivity index (χ1n) is 7.19. The highest BCUT2D eigenvalue weighted by molar-refractivity contribution is 7.11. The van der Waals surface area contributed by atoms with Crippen LogP contribution in [0, 0.1) is 5.92 Å². The Morgan fingerprint density at radius 3 is 2.91 bits per heavy atom. The molecule has 5 heteroatoms. The van der Waals surface area contributed by atoms with Crippen LogP contribution in [0.2, 0.25) is 0 Å². The summed E-state index contributed by atoms with van der Waals surface area (Å²) in [6.45, 7) is 2.00. The minimum atomic E-state index is -0.824. The van der Waals surface area contributed by atoms with Crippen LogP contribution in [0.3, 0.4) is 0 Å². The molecule has 0 amide bonds. The van der Waals surface area contributed by atoms with Gasteiger partial charge in [-0.05, 0) is 48.6 Å². The predicted octanol–water partition coefficient (Wildman–Crippen LogP) is 3.66. The van der Waals surface area contributed by atoms with E-state index in [0.29, 0.717) is 12.2 Å². The second-order valence-electron chi connectivity index (χ2n) is 5.11. The fourth-order valence-electron chi connectivity index (χ4n) is 2.79. The van der Waals surface area contributed by atoms with Crippen molar-refractivity contribution in [2.24, 2.45) is 5.92 Å². The normalized spacial score (nSPS) is 21.5. The highest BCUT2D eigenvalue weighted by Gasteiger charge is 2.41. The first kappa shape index (κ1) is 14.8. The summed E-state index contributed by atoms with van der Waals surface area (Å²) >= 11 is 1.58. The molecule has 0 N–H and O–H groups in total. The van der Waals surface area contributed by atoms with Gasteiger partial charge in [0, 0.05) is 10.8 Å². The lowest BCUT2D eigenvalue weighted by Gasteiger charge is -2.27. The molecule has 114 valence electrons. The third-order valence-corrected chi connectivity index (χ3v) is 4.70. The van der Waals surface area contributed by atoms with Crippen molar-refractivity contribution in [1.82, 2.24) is 0 Å². The van der Waals surface area contributed by atoms with Crippen LogP contribution in [0.25, 0.3) is 5.57 Å². The standard InChI is InChI=1S/C17H16O4S/c1-2-20-17(19)16-12(14-5-3-7-21-14)9-11(10-13(16)18)15-6-4-8-22-15/h3-8,10,12,16H,2,9H2,1H3/t12-,16+/m1/s1. The molecular formula is C17H16O4S. The summed E-state index contributed by atoms with van der Waals surface area (Å²) in [6, 6.07) is 7.50. The lowest BCUT2D eigenvalue weighted by atomic mass is 9.77. The average Bonchev–Trinajstić information content (AvgIpc) is 3.20. The molecule has 0 saturated heterocycles. The highest BCUT2D eigenvalue weighted by Crippen LogP contribution is 2.41. The monoisotopic (exact) mass is 316 g/mol. The Hall–Kier alpha value is -2.14. The maximum absolute atomic E-state index is 12.5. The number of ether oxygens (including phenoxy) is 1. The van der Waals surface area contributed by atoms with Crippen molar-refractivity contribution < 1.29 is 18.7 Å². The topological polar surface area (TPSA) is 56.5 Å². The van der Waals surface area contributed by atoms with Crippen molar-refractivity contribution in [2.75, 3.05) is 6.61 Å². The molecule has 1 aliphatic carbocycles. The molecule has 1 aliphatic rings. The molecule has 0 bridgehead atoms. The molecule has 0 spiro atoms. The van der Waals surface area contributed by atoms with Crippen molar-refractivity contribution in [1.29, 1.82) is 0 Å². The highest BCUT2D eigenvalue weighted by atomic mass is 32.1. The predicted molar refractivity (Wildman–Crippen MR) is 83.5 cm³/mol. The average molecular weight is 316 g/mol. The molecular weight excluding hydrogens is 300 g/mol. The summed E-state index contributed by atoms with van der Waals surface area (Å²) in [4.78, 5) is 25.8. The number of hydrogen-bond donors (Lipinski definition) is 0. The Kier molecular flexibility index (Phi) is 4.24. The van der Waals surface area contributed by atoms with Crippen molar-refractivity contribution in [3.8, 4) is 0 Å². The zero-order valence-electron chi connectivity index (χ0n) is 12.2. The third-order valence-electron chi connectivity index (χ3n) is 3.75. The molecule has 2 aromatic heterocycles. The van der Waals surface area contributed by atoms with Crippen LogP contribution < -0.4 is 0 Å². The van der Waals surface area contributed by atoms with Gasteiger partial charge in [0.15, 0.2) is 5.78 Å². The van der Waals surface area contributed by atoms with E-state index in [2.05, 4.69) is 0 Å². The Morgan fingerprint density at radius 2 is 2.27 bits per heavy atom. The lowest BCUT2D eigenvalue weighted by Crippen LogP contribution is -2.33. The summed E-state index contributed by atoms with van der Waals surface area (Å²) in [5.41, 5.74) is 0.946. The van der Waals surface area contributed by atoms with Gasteiger partial charge in [-0.2, -0.15) is 0 Å². The summed E-state index contributed by atoms with van der Waals surface area (Å²) in [5.74, 6) is -1.18. The van der Waals surface area contributed by atoms with Gasteiger partial charge in [0.2, 0.25) is 0 Å². The van der Waals surface area contributed by atoms with Crippen LogP contribution in [-0.4, -0.2) is 18.4 Å². The first-order valence-corrected chi connectivity index (χ1v) is 8.07. The van der Waals surface area contributed by atoms with E-state index in [4.69, 9.17) is 9.15 Å². The smallest absolute Gasteiger partial charge is 0.317 e. The van der Waals surface area contributed by atoms with Gasteiger partial charge in [-0.25, -0.2) is 0 Å². The number of allylic oxidation sites excluding steroid dienone is 2. The van der Waals surface area contributed by atoms with Crippen molar-refractivity contribution in [2.45, 2.75) is 19.3 Å². The number of ketones is 1. The van der Waals surface area contributed by atoms with Gasteiger partial charge < -0.3 is 9.15 Å². The SMILES string of the molecule is CCOC(=O)[C@@H]1C(=O)C=C(c2cccs2)C[C@@H]1c1ccco1. The fraction of sp³-hybridized carbons (Fsp3) is 0.294. The van der Waals surface area contributed by atoms with Gasteiger partial charge in [0.05, 0.1) is 12.9 Å². The number of rotatable bonds is 4. The van der Waals surface area contributed by atoms with E-state index in [9.17, 15) is 9.59 Å². The van der Waals surface area contributed by atoms with Gasteiger partial charge in [-0.15, -0.1) is 11.3 Å². The Morgan fingerprint density at radius 1 is 1.41 bits per heavy atom. The molecule has 0 radical (unpaired) electrons. The molecule has 2 atom stereocenters. The fourth-order valence-corrected chi connectivity index (χ4v) is 3.54. The quantitative estimate of drug-likeness (QED) is 0.638.